The molecule has 2 rings (SSSR count). The fraction of sp³-hybridized carbons (Fsp3) is 0.111. The number of alkyl halides is 3. The SMILES string of the molecule is O=[S-](=O)C(F)(F)F.[O]=[Cu].[c-]1c[nH]c2ccccc12. The zero-order valence-electron chi connectivity index (χ0n) is 8.46. The molecule has 1 heterocycles. The first-order chi connectivity index (χ1) is 8.41. The van der Waals surface area contributed by atoms with Crippen LogP contribution in [-0.2, 0) is 38.9 Å². The zero-order valence-corrected chi connectivity index (χ0v) is 10.2. The summed E-state index contributed by atoms with van der Waals surface area (Å²) < 4.78 is 57.3. The molecule has 0 aliphatic carbocycles. The number of hydrogen-bond donors (Lipinski definition) is 1. The molecule has 1 aromatic heterocycles. The number of H-pyrrole nitrogens is 1. The number of rotatable bonds is 0. The average molecular weight is 329 g/mol. The third-order valence-electron chi connectivity index (χ3n) is 1.57. The van der Waals surface area contributed by atoms with Gasteiger partial charge in [0.25, 0.3) is 0 Å². The van der Waals surface area contributed by atoms with Crippen molar-refractivity contribution >= 4 is 21.6 Å². The fourth-order valence-corrected chi connectivity index (χ4v) is 0.926. The Morgan fingerprint density at radius 3 is 2.11 bits per heavy atom. The van der Waals surface area contributed by atoms with E-state index >= 15 is 0 Å². The van der Waals surface area contributed by atoms with Crippen LogP contribution < -0.4 is 0 Å². The second-order valence-corrected chi connectivity index (χ2v) is 3.59. The van der Waals surface area contributed by atoms with Gasteiger partial charge in [0, 0.05) is 10.7 Å². The van der Waals surface area contributed by atoms with Crippen LogP contribution in [0, 0.1) is 6.07 Å². The minimum Gasteiger partial charge on any atom is -0.424 e. The van der Waals surface area contributed by atoms with Gasteiger partial charge in [-0.1, -0.05) is 23.8 Å². The van der Waals surface area contributed by atoms with Crippen LogP contribution in [0.1, 0.15) is 0 Å². The van der Waals surface area contributed by atoms with Crippen molar-refractivity contribution in [2.45, 2.75) is 5.51 Å². The molecule has 0 aliphatic heterocycles. The Morgan fingerprint density at radius 2 is 1.67 bits per heavy atom. The first-order valence-corrected chi connectivity index (χ1v) is 5.59. The molecule has 0 saturated carbocycles. The molecule has 1 N–H and O–H groups in total. The number of benzene rings is 1. The van der Waals surface area contributed by atoms with E-state index in [-0.39, 0.29) is 0 Å². The summed E-state index contributed by atoms with van der Waals surface area (Å²) in [7, 11) is -3.93. The molecule has 0 saturated heterocycles. The summed E-state index contributed by atoms with van der Waals surface area (Å²) in [5, 5.41) is 1.15. The third kappa shape index (κ3) is 5.94. The normalized spacial score (nSPS) is 10.3. The van der Waals surface area contributed by atoms with Crippen LogP contribution in [0.3, 0.4) is 0 Å². The van der Waals surface area contributed by atoms with Crippen LogP contribution in [-0.4, -0.2) is 10.5 Å². The van der Waals surface area contributed by atoms with Crippen LogP contribution in [0.4, 0.5) is 13.2 Å². The van der Waals surface area contributed by atoms with Crippen molar-refractivity contribution in [1.82, 2.24) is 4.98 Å². The van der Waals surface area contributed by atoms with E-state index in [9.17, 15) is 13.2 Å². The van der Waals surface area contributed by atoms with Gasteiger partial charge >= 0.3 is 25.3 Å². The summed E-state index contributed by atoms with van der Waals surface area (Å²) in [5.74, 6) is 0. The number of para-hydroxylation sites is 1. The molecule has 4 nitrogen and oxygen atoms in total. The van der Waals surface area contributed by atoms with Gasteiger partial charge in [-0.2, -0.15) is 30.7 Å². The van der Waals surface area contributed by atoms with Crippen molar-refractivity contribution in [2.75, 3.05) is 0 Å². The summed E-state index contributed by atoms with van der Waals surface area (Å²) in [6, 6.07) is 11.1. The first kappa shape index (κ1) is 16.8. The third-order valence-corrected chi connectivity index (χ3v) is 1.95. The van der Waals surface area contributed by atoms with Gasteiger partial charge in [-0.3, -0.25) is 0 Å². The van der Waals surface area contributed by atoms with Crippen LogP contribution >= 0.6 is 0 Å². The molecule has 0 fully saturated rings. The maximum atomic E-state index is 10.6. The zero-order chi connectivity index (χ0) is 14.2. The molecule has 0 amide bonds. The maximum Gasteiger partial charge on any atom is -0.0662 e. The number of fused-ring (bicyclic) bond motifs is 1. The van der Waals surface area contributed by atoms with Gasteiger partial charge in [0.2, 0.25) is 0 Å². The number of hydrogen-bond acceptors (Lipinski definition) is 4. The van der Waals surface area contributed by atoms with E-state index in [1.807, 2.05) is 30.5 Å². The van der Waals surface area contributed by atoms with Crippen LogP contribution in [0.2, 0.25) is 0 Å². The molecule has 18 heavy (non-hydrogen) atoms. The molecule has 0 radical (unpaired) electrons. The van der Waals surface area contributed by atoms with Crippen molar-refractivity contribution in [3.8, 4) is 0 Å². The van der Waals surface area contributed by atoms with Crippen molar-refractivity contribution < 1.29 is 41.4 Å². The molecule has 2 aromatic rings. The standard InChI is InChI=1S/C8H6N.CF3O2S.Cu.O/c1-2-4-8-7(3-1)5-6-9-8;2-1(3,4)7(5)6;;/h1-4,6,9H;;;/q2*-1;;. The Morgan fingerprint density at radius 1 is 1.17 bits per heavy atom. The second kappa shape index (κ2) is 8.02. The number of nitrogens with one attached hydrogen (secondary N) is 1. The van der Waals surface area contributed by atoms with Crippen LogP contribution in [0.15, 0.2) is 30.5 Å². The number of aromatic amines is 1. The summed E-state index contributed by atoms with van der Waals surface area (Å²) in [6.45, 7) is 0. The summed E-state index contributed by atoms with van der Waals surface area (Å²) in [5.41, 5.74) is -3.93. The second-order valence-electron chi connectivity index (χ2n) is 2.66. The summed E-state index contributed by atoms with van der Waals surface area (Å²) in [6.07, 6.45) is 1.82. The molecular weight excluding hydrogens is 323 g/mol. The molecule has 0 unspecified atom stereocenters. The molecule has 0 aliphatic rings. The quantitative estimate of drug-likeness (QED) is 0.459. The largest absolute Gasteiger partial charge is 0.424 e. The average Bonchev–Trinajstić information content (AvgIpc) is 2.79. The predicted octanol–water partition coefficient (Wildman–Crippen LogP) is 2.66. The molecule has 1 aromatic carbocycles. The van der Waals surface area contributed by atoms with Gasteiger partial charge < -0.3 is 13.4 Å². The summed E-state index contributed by atoms with van der Waals surface area (Å²) in [4.78, 5) is 3.06. The van der Waals surface area contributed by atoms with E-state index in [1.165, 1.54) is 0 Å². The van der Waals surface area contributed by atoms with E-state index in [0.29, 0.717) is 0 Å². The van der Waals surface area contributed by atoms with Gasteiger partial charge in [-0.25, -0.2) is 0 Å². The van der Waals surface area contributed by atoms with Crippen molar-refractivity contribution in [3.05, 3.63) is 36.5 Å². The molecule has 9 heteroatoms. The monoisotopic (exact) mass is 328 g/mol. The van der Waals surface area contributed by atoms with Crippen molar-refractivity contribution in [2.24, 2.45) is 0 Å². The van der Waals surface area contributed by atoms with Crippen LogP contribution in [0.25, 0.3) is 10.9 Å². The minimum absolute atomic E-state index is 1.15. The molecule has 0 spiro atoms. The van der Waals surface area contributed by atoms with E-state index in [4.69, 9.17) is 12.3 Å². The Labute approximate surface area is 110 Å². The van der Waals surface area contributed by atoms with E-state index in [1.54, 1.807) is 0 Å². The predicted molar refractivity (Wildman–Crippen MR) is 52.6 cm³/mol. The van der Waals surface area contributed by atoms with Crippen LogP contribution in [0.5, 0.6) is 0 Å². The Bertz CT molecular complexity index is 515. The van der Waals surface area contributed by atoms with Crippen molar-refractivity contribution in [1.29, 1.82) is 0 Å². The van der Waals surface area contributed by atoms with Gasteiger partial charge in [-0.15, -0.1) is 6.07 Å². The Hall–Kier alpha value is -1.18. The number of halogens is 3. The number of aromatic nitrogens is 1. The van der Waals surface area contributed by atoms with E-state index in [2.05, 4.69) is 27.0 Å². The Kier molecular flexibility index (Phi) is 7.49. The maximum absolute atomic E-state index is 10.6. The molecule has 105 valence electrons. The first-order valence-electron chi connectivity index (χ1n) is 4.13. The van der Waals surface area contributed by atoms with Gasteiger partial charge in [0.15, 0.2) is 0 Å². The van der Waals surface area contributed by atoms with Crippen molar-refractivity contribution in [3.63, 3.8) is 0 Å². The van der Waals surface area contributed by atoms with Gasteiger partial charge in [0.1, 0.15) is 0 Å². The minimum atomic E-state index is -5.08. The summed E-state index contributed by atoms with van der Waals surface area (Å²) >= 11 is 2.94. The molecule has 0 bridgehead atoms. The van der Waals surface area contributed by atoms with E-state index < -0.39 is 16.2 Å². The fourth-order valence-electron chi connectivity index (χ4n) is 0.926. The van der Waals surface area contributed by atoms with Gasteiger partial charge in [0.05, 0.1) is 0 Å². The topological polar surface area (TPSA) is 67.0 Å². The Balaban J connectivity index is 0.000000292. The van der Waals surface area contributed by atoms with E-state index in [0.717, 1.165) is 10.9 Å². The molecule has 0 atom stereocenters. The molecular formula is C9H6CuF3NO3S-2. The smallest absolute Gasteiger partial charge is 0.0662 e. The van der Waals surface area contributed by atoms with Gasteiger partial charge in [-0.05, 0) is 0 Å².